The zero-order chi connectivity index (χ0) is 16.1. The van der Waals surface area contributed by atoms with Crippen LogP contribution in [0.15, 0.2) is 48.5 Å². The Morgan fingerprint density at radius 1 is 1.13 bits per heavy atom. The molecule has 120 valence electrons. The molecule has 1 aliphatic heterocycles. The van der Waals surface area contributed by atoms with Gasteiger partial charge in [0.25, 0.3) is 5.91 Å². The first-order valence-corrected chi connectivity index (χ1v) is 8.93. The number of benzene rings is 2. The second kappa shape index (κ2) is 7.53. The monoisotopic (exact) mass is 327 g/mol. The molecule has 0 bridgehead atoms. The van der Waals surface area contributed by atoms with E-state index in [0.717, 1.165) is 25.3 Å². The van der Waals surface area contributed by atoms with Gasteiger partial charge in [0, 0.05) is 42.5 Å². The van der Waals surface area contributed by atoms with E-state index in [1.807, 2.05) is 42.1 Å². The molecule has 3 rings (SSSR count). The Hall–Kier alpha value is -1.98. The molecule has 2 aromatic carbocycles. The van der Waals surface area contributed by atoms with Crippen molar-refractivity contribution in [2.75, 3.05) is 35.6 Å². The van der Waals surface area contributed by atoms with Crippen LogP contribution in [0.2, 0.25) is 0 Å². The molecular formula is C18H21N3OS. The summed E-state index contributed by atoms with van der Waals surface area (Å²) in [4.78, 5) is 14.8. The van der Waals surface area contributed by atoms with Crippen molar-refractivity contribution in [1.82, 2.24) is 4.90 Å². The highest BCUT2D eigenvalue weighted by Gasteiger charge is 2.12. The standard InChI is InChI=1S/C18H21N3OS/c19-17-7-2-1-6-16(17)18(22)20-15-5-3-4-14(12-15)13-21-8-10-23-11-9-21/h1-7,12H,8-11,13,19H2,(H,20,22). The van der Waals surface area contributed by atoms with Crippen molar-refractivity contribution in [3.05, 3.63) is 59.7 Å². The average molecular weight is 327 g/mol. The van der Waals surface area contributed by atoms with E-state index in [1.165, 1.54) is 17.1 Å². The summed E-state index contributed by atoms with van der Waals surface area (Å²) in [6.45, 7) is 3.18. The van der Waals surface area contributed by atoms with Crippen molar-refractivity contribution in [2.45, 2.75) is 6.54 Å². The van der Waals surface area contributed by atoms with E-state index < -0.39 is 0 Å². The van der Waals surface area contributed by atoms with Crippen molar-refractivity contribution in [2.24, 2.45) is 0 Å². The fourth-order valence-corrected chi connectivity index (χ4v) is 3.65. The Morgan fingerprint density at radius 2 is 1.91 bits per heavy atom. The SMILES string of the molecule is Nc1ccccc1C(=O)Nc1cccc(CN2CCSCC2)c1. The smallest absolute Gasteiger partial charge is 0.257 e. The zero-order valence-corrected chi connectivity index (χ0v) is 13.8. The number of thioether (sulfide) groups is 1. The third-order valence-corrected chi connectivity index (χ3v) is 4.84. The van der Waals surface area contributed by atoms with Gasteiger partial charge in [-0.15, -0.1) is 0 Å². The van der Waals surface area contributed by atoms with Gasteiger partial charge in [-0.3, -0.25) is 9.69 Å². The molecule has 1 heterocycles. The van der Waals surface area contributed by atoms with E-state index in [-0.39, 0.29) is 5.91 Å². The maximum atomic E-state index is 12.3. The number of carbonyl (C=O) groups excluding carboxylic acids is 1. The number of rotatable bonds is 4. The number of amides is 1. The topological polar surface area (TPSA) is 58.4 Å². The summed E-state index contributed by atoms with van der Waals surface area (Å²) in [5.74, 6) is 2.22. The van der Waals surface area contributed by atoms with E-state index in [1.54, 1.807) is 12.1 Å². The van der Waals surface area contributed by atoms with Crippen molar-refractivity contribution < 1.29 is 4.79 Å². The average Bonchev–Trinajstić information content (AvgIpc) is 2.56. The summed E-state index contributed by atoms with van der Waals surface area (Å²) in [6.07, 6.45) is 0. The second-order valence-corrected chi connectivity index (χ2v) is 6.86. The van der Waals surface area contributed by atoms with Crippen molar-refractivity contribution >= 4 is 29.0 Å². The highest BCUT2D eigenvalue weighted by atomic mass is 32.2. The van der Waals surface area contributed by atoms with E-state index in [2.05, 4.69) is 16.3 Å². The molecule has 0 aromatic heterocycles. The molecule has 0 saturated carbocycles. The lowest BCUT2D eigenvalue weighted by Gasteiger charge is -2.26. The van der Waals surface area contributed by atoms with Crippen LogP contribution in [0, 0.1) is 0 Å². The normalized spacial score (nSPS) is 15.3. The summed E-state index contributed by atoms with van der Waals surface area (Å²) < 4.78 is 0. The number of nitrogens with two attached hydrogens (primary N) is 1. The van der Waals surface area contributed by atoms with Crippen LogP contribution in [0.25, 0.3) is 0 Å². The van der Waals surface area contributed by atoms with Crippen LogP contribution < -0.4 is 11.1 Å². The Labute approximate surface area is 141 Å². The molecule has 23 heavy (non-hydrogen) atoms. The number of hydrogen-bond donors (Lipinski definition) is 2. The Balaban J connectivity index is 1.67. The Morgan fingerprint density at radius 3 is 2.70 bits per heavy atom. The van der Waals surface area contributed by atoms with Crippen LogP contribution >= 0.6 is 11.8 Å². The van der Waals surface area contributed by atoms with Gasteiger partial charge >= 0.3 is 0 Å². The van der Waals surface area contributed by atoms with Gasteiger partial charge in [0.15, 0.2) is 0 Å². The molecule has 1 fully saturated rings. The molecule has 1 aliphatic rings. The highest BCUT2D eigenvalue weighted by Crippen LogP contribution is 2.18. The fraction of sp³-hybridized carbons (Fsp3) is 0.278. The first-order chi connectivity index (χ1) is 11.2. The fourth-order valence-electron chi connectivity index (χ4n) is 2.67. The summed E-state index contributed by atoms with van der Waals surface area (Å²) in [6, 6.07) is 15.1. The minimum absolute atomic E-state index is 0.172. The lowest BCUT2D eigenvalue weighted by atomic mass is 10.1. The first-order valence-electron chi connectivity index (χ1n) is 7.77. The minimum atomic E-state index is -0.172. The van der Waals surface area contributed by atoms with Gasteiger partial charge in [-0.05, 0) is 29.8 Å². The molecule has 3 N–H and O–H groups in total. The largest absolute Gasteiger partial charge is 0.398 e. The number of nitrogens with zero attached hydrogens (tertiary/aromatic N) is 1. The van der Waals surface area contributed by atoms with Crippen molar-refractivity contribution in [1.29, 1.82) is 0 Å². The highest BCUT2D eigenvalue weighted by molar-refractivity contribution is 7.99. The van der Waals surface area contributed by atoms with Gasteiger partial charge in [-0.2, -0.15) is 11.8 Å². The van der Waals surface area contributed by atoms with E-state index in [0.29, 0.717) is 11.3 Å². The van der Waals surface area contributed by atoms with Crippen LogP contribution in [0.5, 0.6) is 0 Å². The van der Waals surface area contributed by atoms with Gasteiger partial charge in [0.1, 0.15) is 0 Å². The quantitative estimate of drug-likeness (QED) is 0.847. The lowest BCUT2D eigenvalue weighted by Crippen LogP contribution is -2.31. The third-order valence-electron chi connectivity index (χ3n) is 3.90. The predicted octanol–water partition coefficient (Wildman–Crippen LogP) is 3.07. The van der Waals surface area contributed by atoms with Crippen LogP contribution in [0.4, 0.5) is 11.4 Å². The number of para-hydroxylation sites is 1. The maximum absolute atomic E-state index is 12.3. The molecule has 0 unspecified atom stereocenters. The number of anilines is 2. The molecule has 4 nitrogen and oxygen atoms in total. The molecule has 2 aromatic rings. The molecular weight excluding hydrogens is 306 g/mol. The van der Waals surface area contributed by atoms with Crippen LogP contribution in [0.3, 0.4) is 0 Å². The summed E-state index contributed by atoms with van der Waals surface area (Å²) in [5, 5.41) is 2.94. The zero-order valence-electron chi connectivity index (χ0n) is 13.0. The summed E-state index contributed by atoms with van der Waals surface area (Å²) in [7, 11) is 0. The summed E-state index contributed by atoms with van der Waals surface area (Å²) >= 11 is 2.01. The van der Waals surface area contributed by atoms with Gasteiger partial charge in [0.05, 0.1) is 5.56 Å². The van der Waals surface area contributed by atoms with Crippen LogP contribution in [0.1, 0.15) is 15.9 Å². The molecule has 0 radical (unpaired) electrons. The Bertz CT molecular complexity index is 683. The maximum Gasteiger partial charge on any atom is 0.257 e. The number of hydrogen-bond acceptors (Lipinski definition) is 4. The molecule has 0 atom stereocenters. The molecule has 5 heteroatoms. The third kappa shape index (κ3) is 4.27. The van der Waals surface area contributed by atoms with E-state index in [9.17, 15) is 4.79 Å². The van der Waals surface area contributed by atoms with Crippen molar-refractivity contribution in [3.63, 3.8) is 0 Å². The Kier molecular flexibility index (Phi) is 5.20. The summed E-state index contributed by atoms with van der Waals surface area (Å²) in [5.41, 5.74) is 8.88. The molecule has 0 aliphatic carbocycles. The molecule has 1 amide bonds. The van der Waals surface area contributed by atoms with Crippen LogP contribution in [-0.2, 0) is 6.54 Å². The second-order valence-electron chi connectivity index (χ2n) is 5.63. The molecule has 0 spiro atoms. The lowest BCUT2D eigenvalue weighted by molar-refractivity contribution is 0.102. The predicted molar refractivity (Wildman–Crippen MR) is 97.9 cm³/mol. The number of nitrogens with one attached hydrogen (secondary N) is 1. The van der Waals surface area contributed by atoms with Gasteiger partial charge in [-0.25, -0.2) is 0 Å². The van der Waals surface area contributed by atoms with Gasteiger partial charge in [0.2, 0.25) is 0 Å². The van der Waals surface area contributed by atoms with Gasteiger partial charge < -0.3 is 11.1 Å². The van der Waals surface area contributed by atoms with Crippen molar-refractivity contribution in [3.8, 4) is 0 Å². The minimum Gasteiger partial charge on any atom is -0.398 e. The van der Waals surface area contributed by atoms with E-state index in [4.69, 9.17) is 5.73 Å². The number of nitrogen functional groups attached to an aromatic ring is 1. The van der Waals surface area contributed by atoms with E-state index >= 15 is 0 Å². The van der Waals surface area contributed by atoms with Gasteiger partial charge in [-0.1, -0.05) is 24.3 Å². The van der Waals surface area contributed by atoms with Crippen LogP contribution in [-0.4, -0.2) is 35.4 Å². The number of carbonyl (C=O) groups is 1. The first kappa shape index (κ1) is 15.9. The molecule has 1 saturated heterocycles.